The number of phenolic OH excluding ortho intramolecular Hbond substituents is 1. The normalized spacial score (nSPS) is 16.1. The molecule has 10 nitrogen and oxygen atoms in total. The lowest BCUT2D eigenvalue weighted by atomic mass is 9.70. The summed E-state index contributed by atoms with van der Waals surface area (Å²) < 4.78 is 33.0. The Bertz CT molecular complexity index is 1620. The highest BCUT2D eigenvalue weighted by atomic mass is 35.5. The van der Waals surface area contributed by atoms with Gasteiger partial charge in [-0.25, -0.2) is 9.79 Å². The number of carbonyl (C=O) groups excluding carboxylic acids is 2. The van der Waals surface area contributed by atoms with E-state index in [1.165, 1.54) is 18.2 Å². The number of rotatable bonds is 5. The van der Waals surface area contributed by atoms with Crippen LogP contribution in [0.15, 0.2) is 57.5 Å². The Morgan fingerprint density at radius 2 is 1.81 bits per heavy atom. The molecule has 0 spiro atoms. The molecule has 0 unspecified atom stereocenters. The van der Waals surface area contributed by atoms with Crippen LogP contribution in [-0.4, -0.2) is 53.1 Å². The first-order valence-electron chi connectivity index (χ1n) is 10.5. The number of aliphatic imine (C=N–C) groups is 1. The number of carboxylic acids is 1. The Morgan fingerprint density at radius 3 is 2.43 bits per heavy atom. The van der Waals surface area contributed by atoms with Crippen LogP contribution in [0.1, 0.15) is 40.1 Å². The standard InChI is InChI=1S/C24H18Cl2N2O8S/c1-24(2)13-7-17(29)11(5-15(13)28-16-8-14(25)21(30)20(26)19(16)24)9-27-22(31)12-4-3-10(23(32)33)6-18(12)37(34,35)36/h3-8,30H,9H2,1-2H3,(H,27,31)(H,32,33)(H,34,35,36). The zero-order chi connectivity index (χ0) is 27.4. The number of nitrogens with one attached hydrogen (secondary N) is 1. The minimum absolute atomic E-state index is 0.00300. The SMILES string of the molecule is CC1(C)C2=CC(=O)C(CNC(=O)c3ccc(C(=O)O)cc3S(=O)(=O)O)=CC2=Nc2cc(Cl)c(O)c(Cl)c21. The number of ketones is 1. The highest BCUT2D eigenvalue weighted by Crippen LogP contribution is 2.51. The number of benzene rings is 2. The summed E-state index contributed by atoms with van der Waals surface area (Å²) >= 11 is 12.4. The molecule has 37 heavy (non-hydrogen) atoms. The number of hydrogen-bond acceptors (Lipinski definition) is 7. The van der Waals surface area contributed by atoms with Crippen molar-refractivity contribution in [2.45, 2.75) is 24.2 Å². The topological polar surface area (TPSA) is 170 Å². The predicted octanol–water partition coefficient (Wildman–Crippen LogP) is 3.87. The van der Waals surface area contributed by atoms with Crippen LogP contribution in [0.4, 0.5) is 5.69 Å². The Morgan fingerprint density at radius 1 is 1.14 bits per heavy atom. The molecule has 1 heterocycles. The molecule has 2 aromatic rings. The van der Waals surface area contributed by atoms with Gasteiger partial charge in [0.15, 0.2) is 11.5 Å². The van der Waals surface area contributed by atoms with Crippen LogP contribution >= 0.6 is 23.2 Å². The number of carbonyl (C=O) groups is 3. The molecule has 0 fully saturated rings. The van der Waals surface area contributed by atoms with Crippen LogP contribution in [0, 0.1) is 0 Å². The fourth-order valence-electron chi connectivity index (χ4n) is 4.21. The fourth-order valence-corrected chi connectivity index (χ4v) is 5.61. The van der Waals surface area contributed by atoms with Crippen molar-refractivity contribution in [2.24, 2.45) is 4.99 Å². The lowest BCUT2D eigenvalue weighted by Crippen LogP contribution is -2.34. The van der Waals surface area contributed by atoms with Crippen LogP contribution in [-0.2, 0) is 20.3 Å². The smallest absolute Gasteiger partial charge is 0.335 e. The van der Waals surface area contributed by atoms with Gasteiger partial charge in [0.1, 0.15) is 4.90 Å². The molecule has 4 rings (SSSR count). The van der Waals surface area contributed by atoms with Gasteiger partial charge in [0, 0.05) is 23.1 Å². The summed E-state index contributed by atoms with van der Waals surface area (Å²) in [6.07, 6.45) is 2.81. The van der Waals surface area contributed by atoms with Gasteiger partial charge >= 0.3 is 5.97 Å². The summed E-state index contributed by atoms with van der Waals surface area (Å²) in [5.74, 6) is -3.15. The molecule has 0 bridgehead atoms. The third-order valence-corrected chi connectivity index (χ3v) is 7.63. The van der Waals surface area contributed by atoms with Crippen LogP contribution < -0.4 is 5.32 Å². The molecule has 4 N–H and O–H groups in total. The van der Waals surface area contributed by atoms with Crippen molar-refractivity contribution in [3.63, 3.8) is 0 Å². The Hall–Kier alpha value is -3.51. The Kier molecular flexibility index (Phi) is 6.53. The van der Waals surface area contributed by atoms with E-state index in [0.717, 1.165) is 12.1 Å². The van der Waals surface area contributed by atoms with E-state index in [-0.39, 0.29) is 27.9 Å². The largest absolute Gasteiger partial charge is 0.505 e. The second kappa shape index (κ2) is 9.10. The second-order valence-electron chi connectivity index (χ2n) is 8.80. The van der Waals surface area contributed by atoms with Crippen molar-refractivity contribution in [1.29, 1.82) is 0 Å². The number of aromatic carboxylic acids is 1. The number of aromatic hydroxyl groups is 1. The van der Waals surface area contributed by atoms with Gasteiger partial charge in [-0.3, -0.25) is 14.1 Å². The lowest BCUT2D eigenvalue weighted by Gasteiger charge is -2.36. The van der Waals surface area contributed by atoms with Gasteiger partial charge in [-0.1, -0.05) is 37.0 Å². The molecular formula is C24H18Cl2N2O8S. The van der Waals surface area contributed by atoms with E-state index >= 15 is 0 Å². The molecule has 0 saturated carbocycles. The average Bonchev–Trinajstić information content (AvgIpc) is 2.80. The highest BCUT2D eigenvalue weighted by molar-refractivity contribution is 7.86. The van der Waals surface area contributed by atoms with Gasteiger partial charge < -0.3 is 15.5 Å². The van der Waals surface area contributed by atoms with Gasteiger partial charge in [0.25, 0.3) is 16.0 Å². The maximum Gasteiger partial charge on any atom is 0.335 e. The van der Waals surface area contributed by atoms with E-state index in [2.05, 4.69) is 10.3 Å². The summed E-state index contributed by atoms with van der Waals surface area (Å²) in [6, 6.07) is 4.07. The zero-order valence-corrected chi connectivity index (χ0v) is 21.5. The summed E-state index contributed by atoms with van der Waals surface area (Å²) in [7, 11) is -4.93. The first-order valence-corrected chi connectivity index (χ1v) is 12.7. The van der Waals surface area contributed by atoms with Gasteiger partial charge in [-0.2, -0.15) is 8.42 Å². The van der Waals surface area contributed by atoms with Crippen LogP contribution in [0.5, 0.6) is 5.75 Å². The zero-order valence-electron chi connectivity index (χ0n) is 19.2. The third kappa shape index (κ3) is 4.66. The summed E-state index contributed by atoms with van der Waals surface area (Å²) in [5, 5.41) is 21.7. The summed E-state index contributed by atoms with van der Waals surface area (Å²) in [6.45, 7) is 3.28. The van der Waals surface area contributed by atoms with E-state index in [1.54, 1.807) is 13.8 Å². The van der Waals surface area contributed by atoms with Crippen LogP contribution in [0.25, 0.3) is 0 Å². The monoisotopic (exact) mass is 564 g/mol. The minimum atomic E-state index is -4.93. The Labute approximate surface area is 220 Å². The van der Waals surface area contributed by atoms with Crippen molar-refractivity contribution in [3.8, 4) is 5.75 Å². The number of carboxylic acid groups (broad SMARTS) is 1. The molecule has 192 valence electrons. The molecule has 1 amide bonds. The van der Waals surface area contributed by atoms with Crippen molar-refractivity contribution >= 4 is 62.4 Å². The molecule has 2 aliphatic rings. The van der Waals surface area contributed by atoms with Gasteiger partial charge in [-0.15, -0.1) is 0 Å². The van der Waals surface area contributed by atoms with E-state index in [9.17, 15) is 32.5 Å². The van der Waals surface area contributed by atoms with Crippen LogP contribution in [0.2, 0.25) is 10.0 Å². The summed E-state index contributed by atoms with van der Waals surface area (Å²) in [4.78, 5) is 40.4. The molecule has 0 radical (unpaired) electrons. The van der Waals surface area contributed by atoms with E-state index < -0.39 is 49.2 Å². The number of hydrogen-bond donors (Lipinski definition) is 4. The number of halogens is 2. The Balaban J connectivity index is 1.67. The average molecular weight is 565 g/mol. The van der Waals surface area contributed by atoms with Crippen molar-refractivity contribution in [2.75, 3.05) is 6.54 Å². The second-order valence-corrected chi connectivity index (χ2v) is 11.0. The molecule has 2 aromatic carbocycles. The lowest BCUT2D eigenvalue weighted by molar-refractivity contribution is -0.111. The molecule has 0 aromatic heterocycles. The molecule has 1 aliphatic carbocycles. The van der Waals surface area contributed by atoms with Gasteiger partial charge in [-0.05, 0) is 42.0 Å². The predicted molar refractivity (Wildman–Crippen MR) is 135 cm³/mol. The number of nitrogens with zero attached hydrogens (tertiary/aromatic N) is 1. The third-order valence-electron chi connectivity index (χ3n) is 6.08. The molecule has 1 aliphatic heterocycles. The van der Waals surface area contributed by atoms with E-state index in [4.69, 9.17) is 28.3 Å². The number of phenols is 1. The molecule has 0 atom stereocenters. The fraction of sp³-hybridized carbons (Fsp3) is 0.167. The summed E-state index contributed by atoms with van der Waals surface area (Å²) in [5.41, 5.74) is 0.178. The van der Waals surface area contributed by atoms with Gasteiger partial charge in [0.05, 0.1) is 32.6 Å². The maximum absolute atomic E-state index is 12.9. The van der Waals surface area contributed by atoms with Crippen molar-refractivity contribution in [1.82, 2.24) is 5.32 Å². The van der Waals surface area contributed by atoms with Crippen molar-refractivity contribution in [3.05, 3.63) is 74.3 Å². The van der Waals surface area contributed by atoms with Crippen LogP contribution in [0.3, 0.4) is 0 Å². The minimum Gasteiger partial charge on any atom is -0.505 e. The molecule has 0 saturated heterocycles. The first kappa shape index (κ1) is 26.6. The van der Waals surface area contributed by atoms with Gasteiger partial charge in [0.2, 0.25) is 0 Å². The first-order chi connectivity index (χ1) is 17.1. The molecule has 13 heteroatoms. The quantitative estimate of drug-likeness (QED) is 0.313. The number of amides is 1. The highest BCUT2D eigenvalue weighted by Gasteiger charge is 2.40. The van der Waals surface area contributed by atoms with Crippen molar-refractivity contribution < 1.29 is 37.6 Å². The maximum atomic E-state index is 12.9. The molecular weight excluding hydrogens is 547 g/mol. The number of allylic oxidation sites excluding steroid dienone is 3. The number of fused-ring (bicyclic) bond motifs is 2. The van der Waals surface area contributed by atoms with E-state index in [0.29, 0.717) is 28.6 Å². The van der Waals surface area contributed by atoms with E-state index in [1.807, 2.05) is 0 Å².